The minimum atomic E-state index is -5.49. The van der Waals surface area contributed by atoms with Gasteiger partial charge in [0.25, 0.3) is 5.91 Å². The van der Waals surface area contributed by atoms with Crippen LogP contribution in [0.5, 0.6) is 0 Å². The smallest absolute Gasteiger partial charge is 0.349 e. The van der Waals surface area contributed by atoms with E-state index in [2.05, 4.69) is 5.32 Å². The highest BCUT2D eigenvalue weighted by atomic mass is 32.2. The second kappa shape index (κ2) is 8.47. The molecule has 1 rings (SSSR count). The molecule has 0 aromatic heterocycles. The van der Waals surface area contributed by atoms with Gasteiger partial charge >= 0.3 is 15.5 Å². The fourth-order valence-electron chi connectivity index (χ4n) is 2.25. The maximum atomic E-state index is 12.5. The molecule has 1 atom stereocenters. The minimum Gasteiger partial charge on any atom is -0.349 e. The van der Waals surface area contributed by atoms with Gasteiger partial charge < -0.3 is 10.2 Å². The Balaban J connectivity index is 2.86. The predicted octanol–water partition coefficient (Wildman–Crippen LogP) is 3.04. The molecule has 0 saturated heterocycles. The average Bonchev–Trinajstić information content (AvgIpc) is 2.49. The van der Waals surface area contributed by atoms with Crippen molar-refractivity contribution >= 4 is 21.6 Å². The highest BCUT2D eigenvalue weighted by molar-refractivity contribution is 7.93. The van der Waals surface area contributed by atoms with Gasteiger partial charge in [0.15, 0.2) is 0 Å². The molecular formula is C17H26F3N3O3S. The molecule has 0 aliphatic heterocycles. The molecule has 0 saturated carbocycles. The SMILES string of the molecule is CN(C)CC[C@H](NC(=O)c1ccc(NS(=O)(=O)C(F)(F)F)cc1)C(C)(C)C. The maximum Gasteiger partial charge on any atom is 0.516 e. The van der Waals surface area contributed by atoms with Gasteiger partial charge in [0.1, 0.15) is 0 Å². The van der Waals surface area contributed by atoms with Crippen molar-refractivity contribution in [2.24, 2.45) is 5.41 Å². The van der Waals surface area contributed by atoms with Crippen LogP contribution in [0.15, 0.2) is 24.3 Å². The van der Waals surface area contributed by atoms with Crippen LogP contribution in [-0.2, 0) is 10.0 Å². The van der Waals surface area contributed by atoms with E-state index >= 15 is 0 Å². The summed E-state index contributed by atoms with van der Waals surface area (Å²) >= 11 is 0. The molecule has 0 aliphatic carbocycles. The molecule has 1 aromatic rings. The molecule has 0 aliphatic rings. The Morgan fingerprint density at radius 3 is 2.04 bits per heavy atom. The lowest BCUT2D eigenvalue weighted by atomic mass is 9.84. The molecule has 27 heavy (non-hydrogen) atoms. The first-order valence-corrected chi connectivity index (χ1v) is 9.76. The molecule has 2 N–H and O–H groups in total. The number of hydrogen-bond acceptors (Lipinski definition) is 4. The Labute approximate surface area is 158 Å². The number of nitrogens with one attached hydrogen (secondary N) is 2. The van der Waals surface area contributed by atoms with Crippen molar-refractivity contribution < 1.29 is 26.4 Å². The van der Waals surface area contributed by atoms with Crippen molar-refractivity contribution in [3.05, 3.63) is 29.8 Å². The topological polar surface area (TPSA) is 78.5 Å². The molecular weight excluding hydrogens is 383 g/mol. The molecule has 0 heterocycles. The molecule has 0 unspecified atom stereocenters. The van der Waals surface area contributed by atoms with Crippen molar-refractivity contribution in [3.63, 3.8) is 0 Å². The summed E-state index contributed by atoms with van der Waals surface area (Å²) < 4.78 is 60.8. The van der Waals surface area contributed by atoms with E-state index in [1.165, 1.54) is 16.9 Å². The standard InChI is InChI=1S/C17H26F3N3O3S/c1-16(2,3)14(10-11-23(4)5)21-15(24)12-6-8-13(9-7-12)22-27(25,26)17(18,19)20/h6-9,14,22H,10-11H2,1-5H3,(H,21,24)/t14-/m0/s1. The van der Waals surface area contributed by atoms with E-state index in [4.69, 9.17) is 0 Å². The second-order valence-corrected chi connectivity index (χ2v) is 9.29. The number of alkyl halides is 3. The largest absolute Gasteiger partial charge is 0.516 e. The van der Waals surface area contributed by atoms with Crippen LogP contribution in [0, 0.1) is 5.41 Å². The number of benzene rings is 1. The first kappa shape index (κ1) is 23.2. The Morgan fingerprint density at radius 2 is 1.63 bits per heavy atom. The van der Waals surface area contributed by atoms with Gasteiger partial charge in [-0.05, 0) is 56.7 Å². The summed E-state index contributed by atoms with van der Waals surface area (Å²) in [5.74, 6) is -0.376. The van der Waals surface area contributed by atoms with Crippen LogP contribution in [0.25, 0.3) is 0 Å². The summed E-state index contributed by atoms with van der Waals surface area (Å²) in [5.41, 5.74) is -5.64. The monoisotopic (exact) mass is 409 g/mol. The van der Waals surface area contributed by atoms with Gasteiger partial charge in [-0.2, -0.15) is 21.6 Å². The van der Waals surface area contributed by atoms with Crippen LogP contribution >= 0.6 is 0 Å². The van der Waals surface area contributed by atoms with Gasteiger partial charge in [0.05, 0.1) is 0 Å². The highest BCUT2D eigenvalue weighted by Gasteiger charge is 2.46. The Kier molecular flexibility index (Phi) is 7.29. The van der Waals surface area contributed by atoms with Gasteiger partial charge in [0, 0.05) is 17.3 Å². The first-order chi connectivity index (χ1) is 12.1. The zero-order valence-corrected chi connectivity index (χ0v) is 16.8. The van der Waals surface area contributed by atoms with Crippen molar-refractivity contribution in [1.29, 1.82) is 0 Å². The van der Waals surface area contributed by atoms with Crippen LogP contribution in [0.1, 0.15) is 37.6 Å². The number of carbonyl (C=O) groups is 1. The van der Waals surface area contributed by atoms with E-state index in [0.29, 0.717) is 0 Å². The third-order valence-corrected chi connectivity index (χ3v) is 5.03. The van der Waals surface area contributed by atoms with E-state index in [0.717, 1.165) is 25.1 Å². The lowest BCUT2D eigenvalue weighted by molar-refractivity contribution is -0.0429. The number of nitrogens with zero attached hydrogens (tertiary/aromatic N) is 1. The van der Waals surface area contributed by atoms with E-state index in [1.54, 1.807) is 0 Å². The summed E-state index contributed by atoms with van der Waals surface area (Å²) in [6.07, 6.45) is 0.728. The van der Waals surface area contributed by atoms with Crippen molar-refractivity contribution in [3.8, 4) is 0 Å². The lowest BCUT2D eigenvalue weighted by Gasteiger charge is -2.32. The minimum absolute atomic E-state index is 0.115. The normalized spacial score (nSPS) is 14.1. The van der Waals surface area contributed by atoms with E-state index < -0.39 is 15.5 Å². The third-order valence-electron chi connectivity index (χ3n) is 3.92. The van der Waals surface area contributed by atoms with Crippen LogP contribution in [0.4, 0.5) is 18.9 Å². The molecule has 6 nitrogen and oxygen atoms in total. The fourth-order valence-corrected chi connectivity index (χ4v) is 2.82. The molecule has 10 heteroatoms. The third kappa shape index (κ3) is 7.02. The quantitative estimate of drug-likeness (QED) is 0.726. The van der Waals surface area contributed by atoms with Crippen LogP contribution < -0.4 is 10.0 Å². The molecule has 1 amide bonds. The highest BCUT2D eigenvalue weighted by Crippen LogP contribution is 2.26. The fraction of sp³-hybridized carbons (Fsp3) is 0.588. The van der Waals surface area contributed by atoms with Crippen molar-refractivity contribution in [2.75, 3.05) is 25.4 Å². The molecule has 0 spiro atoms. The van der Waals surface area contributed by atoms with Gasteiger partial charge in [-0.25, -0.2) is 0 Å². The van der Waals surface area contributed by atoms with Crippen LogP contribution in [-0.4, -0.2) is 51.4 Å². The summed E-state index contributed by atoms with van der Waals surface area (Å²) in [4.78, 5) is 14.5. The van der Waals surface area contributed by atoms with Crippen molar-refractivity contribution in [2.45, 2.75) is 38.7 Å². The Bertz CT molecular complexity index is 739. The number of halogens is 3. The van der Waals surface area contributed by atoms with Crippen LogP contribution in [0.3, 0.4) is 0 Å². The summed E-state index contributed by atoms with van der Waals surface area (Å²) in [6, 6.07) is 4.66. The van der Waals surface area contributed by atoms with Gasteiger partial charge in [0.2, 0.25) is 0 Å². The molecule has 0 radical (unpaired) electrons. The number of sulfonamides is 1. The zero-order valence-electron chi connectivity index (χ0n) is 16.0. The molecule has 1 aromatic carbocycles. The predicted molar refractivity (Wildman–Crippen MR) is 98.9 cm³/mol. The van der Waals surface area contributed by atoms with Crippen molar-refractivity contribution in [1.82, 2.24) is 10.2 Å². The van der Waals surface area contributed by atoms with Crippen LogP contribution in [0.2, 0.25) is 0 Å². The molecule has 0 bridgehead atoms. The number of rotatable bonds is 7. The number of amides is 1. The Hall–Kier alpha value is -1.81. The van der Waals surface area contributed by atoms with Gasteiger partial charge in [-0.3, -0.25) is 9.52 Å². The summed E-state index contributed by atoms with van der Waals surface area (Å²) in [5, 5.41) is 2.94. The average molecular weight is 409 g/mol. The number of anilines is 1. The van der Waals surface area contributed by atoms with Gasteiger partial charge in [-0.1, -0.05) is 20.8 Å². The second-order valence-electron chi connectivity index (χ2n) is 7.61. The van der Waals surface area contributed by atoms with E-state index in [-0.39, 0.29) is 28.6 Å². The Morgan fingerprint density at radius 1 is 1.11 bits per heavy atom. The molecule has 0 fully saturated rings. The number of hydrogen-bond donors (Lipinski definition) is 2. The summed E-state index contributed by atoms with van der Waals surface area (Å²) in [7, 11) is -1.63. The first-order valence-electron chi connectivity index (χ1n) is 8.28. The number of carbonyl (C=O) groups excluding carboxylic acids is 1. The van der Waals surface area contributed by atoms with E-state index in [9.17, 15) is 26.4 Å². The summed E-state index contributed by atoms with van der Waals surface area (Å²) in [6.45, 7) is 6.79. The van der Waals surface area contributed by atoms with Gasteiger partial charge in [-0.15, -0.1) is 0 Å². The zero-order chi connectivity index (χ0) is 21.0. The molecule has 154 valence electrons. The van der Waals surface area contributed by atoms with E-state index in [1.807, 2.05) is 39.8 Å². The maximum absolute atomic E-state index is 12.5. The lowest BCUT2D eigenvalue weighted by Crippen LogP contribution is -2.45.